The zero-order valence-corrected chi connectivity index (χ0v) is 9.40. The third kappa shape index (κ3) is 2.55. The molecular weight excluding hydrogens is 220 g/mol. The summed E-state index contributed by atoms with van der Waals surface area (Å²) in [5.74, 6) is 0. The fourth-order valence-corrected chi connectivity index (χ4v) is 1.96. The number of nitriles is 1. The van der Waals surface area contributed by atoms with Gasteiger partial charge in [0.05, 0.1) is 0 Å². The molecule has 0 aliphatic carbocycles. The van der Waals surface area contributed by atoms with Gasteiger partial charge in [0.1, 0.15) is 11.8 Å². The van der Waals surface area contributed by atoms with E-state index < -0.39 is 0 Å². The molecule has 0 fully saturated rings. The Morgan fingerprint density at radius 3 is 2.69 bits per heavy atom. The summed E-state index contributed by atoms with van der Waals surface area (Å²) in [7, 11) is 0. The lowest BCUT2D eigenvalue weighted by atomic mass is 10.4. The Bertz CT molecular complexity index is 533. The molecule has 2 aromatic rings. The molecule has 0 unspecified atom stereocenters. The van der Waals surface area contributed by atoms with Gasteiger partial charge >= 0.3 is 0 Å². The van der Waals surface area contributed by atoms with Crippen LogP contribution in [0.2, 0.25) is 0 Å². The molecule has 0 amide bonds. The zero-order valence-electron chi connectivity index (χ0n) is 8.58. The van der Waals surface area contributed by atoms with Crippen molar-refractivity contribution >= 4 is 11.8 Å². The second kappa shape index (κ2) is 4.73. The fourth-order valence-electron chi connectivity index (χ4n) is 1.16. The van der Waals surface area contributed by atoms with Crippen LogP contribution in [0.15, 0.2) is 40.6 Å². The predicted octanol–water partition coefficient (Wildman–Crippen LogP) is 2.20. The van der Waals surface area contributed by atoms with E-state index in [0.717, 1.165) is 10.6 Å². The van der Waals surface area contributed by atoms with E-state index in [1.54, 1.807) is 18.5 Å². The molecule has 0 atom stereocenters. The molecule has 2 heterocycles. The Kier molecular flexibility index (Phi) is 3.13. The van der Waals surface area contributed by atoms with Crippen molar-refractivity contribution in [3.63, 3.8) is 0 Å². The van der Waals surface area contributed by atoms with Gasteiger partial charge in [0.25, 0.3) is 0 Å². The fraction of sp³-hybridized carbons (Fsp3) is 0.0909. The van der Waals surface area contributed by atoms with Crippen LogP contribution in [0.4, 0.5) is 0 Å². The molecule has 2 rings (SSSR count). The molecule has 0 aliphatic heterocycles. The third-order valence-electron chi connectivity index (χ3n) is 1.81. The lowest BCUT2D eigenvalue weighted by molar-refractivity contribution is 0.919. The van der Waals surface area contributed by atoms with Gasteiger partial charge in [0.15, 0.2) is 5.16 Å². The maximum atomic E-state index is 8.79. The van der Waals surface area contributed by atoms with E-state index in [-0.39, 0.29) is 0 Å². The summed E-state index contributed by atoms with van der Waals surface area (Å²) in [4.78, 5) is 13.3. The summed E-state index contributed by atoms with van der Waals surface area (Å²) in [5.41, 5.74) is 1.19. The van der Waals surface area contributed by atoms with E-state index in [4.69, 9.17) is 5.26 Å². The minimum absolute atomic E-state index is 0.393. The average Bonchev–Trinajstić information content (AvgIpc) is 2.29. The van der Waals surface area contributed by atoms with Crippen LogP contribution in [0.5, 0.6) is 0 Å². The minimum atomic E-state index is 0.393. The highest BCUT2D eigenvalue weighted by atomic mass is 32.2. The Morgan fingerprint density at radius 2 is 2.00 bits per heavy atom. The van der Waals surface area contributed by atoms with E-state index in [9.17, 15) is 0 Å². The van der Waals surface area contributed by atoms with E-state index in [0.29, 0.717) is 10.9 Å². The molecule has 0 radical (unpaired) electrons. The summed E-state index contributed by atoms with van der Waals surface area (Å²) >= 11 is 1.42. The van der Waals surface area contributed by atoms with E-state index in [2.05, 4.69) is 15.0 Å². The summed E-state index contributed by atoms with van der Waals surface area (Å²) in [6, 6.07) is 7.44. The maximum Gasteiger partial charge on any atom is 0.193 e. The summed E-state index contributed by atoms with van der Waals surface area (Å²) in [6.45, 7) is 1.85. The molecular formula is C11H8N4S. The van der Waals surface area contributed by atoms with Gasteiger partial charge in [-0.25, -0.2) is 9.97 Å². The molecule has 5 heteroatoms. The number of aryl methyl sites for hydroxylation is 1. The molecule has 0 saturated heterocycles. The van der Waals surface area contributed by atoms with Gasteiger partial charge in [-0.2, -0.15) is 5.26 Å². The lowest BCUT2D eigenvalue weighted by Gasteiger charge is -2.01. The predicted molar refractivity (Wildman–Crippen MR) is 59.8 cm³/mol. The van der Waals surface area contributed by atoms with Gasteiger partial charge in [0, 0.05) is 23.0 Å². The Hall–Kier alpha value is -1.93. The molecule has 4 nitrogen and oxygen atoms in total. The van der Waals surface area contributed by atoms with E-state index in [1.165, 1.54) is 11.8 Å². The van der Waals surface area contributed by atoms with Gasteiger partial charge < -0.3 is 0 Å². The molecule has 0 aromatic carbocycles. The molecule has 0 spiro atoms. The van der Waals surface area contributed by atoms with Crippen LogP contribution >= 0.6 is 11.8 Å². The highest BCUT2D eigenvalue weighted by Gasteiger charge is 2.03. The number of hydrogen-bond donors (Lipinski definition) is 0. The first kappa shape index (κ1) is 10.6. The van der Waals surface area contributed by atoms with Crippen LogP contribution in [0.1, 0.15) is 11.4 Å². The molecule has 78 valence electrons. The van der Waals surface area contributed by atoms with Crippen molar-refractivity contribution in [3.05, 3.63) is 42.0 Å². The van der Waals surface area contributed by atoms with Gasteiger partial charge in [0.2, 0.25) is 0 Å². The molecule has 16 heavy (non-hydrogen) atoms. The van der Waals surface area contributed by atoms with Crippen LogP contribution in [0.3, 0.4) is 0 Å². The van der Waals surface area contributed by atoms with Crippen LogP contribution in [0.25, 0.3) is 0 Å². The van der Waals surface area contributed by atoms with Crippen molar-refractivity contribution in [2.45, 2.75) is 17.0 Å². The summed E-state index contributed by atoms with van der Waals surface area (Å²) in [5, 5.41) is 9.38. The Labute approximate surface area is 97.4 Å². The standard InChI is InChI=1S/C11H8N4S/c1-8-6-9(7-12)15-11(14-8)16-10-2-4-13-5-3-10/h2-6H,1H3. The molecule has 0 bridgehead atoms. The highest BCUT2D eigenvalue weighted by molar-refractivity contribution is 7.99. The smallest absolute Gasteiger partial charge is 0.193 e. The number of rotatable bonds is 2. The first-order valence-corrected chi connectivity index (χ1v) is 5.43. The Balaban J connectivity index is 2.29. The van der Waals surface area contributed by atoms with Gasteiger partial charge in [-0.3, -0.25) is 4.98 Å². The SMILES string of the molecule is Cc1cc(C#N)nc(Sc2ccncc2)n1. The van der Waals surface area contributed by atoms with Gasteiger partial charge in [-0.1, -0.05) is 0 Å². The topological polar surface area (TPSA) is 62.5 Å². The Morgan fingerprint density at radius 1 is 1.25 bits per heavy atom. The van der Waals surface area contributed by atoms with Crippen LogP contribution in [0, 0.1) is 18.3 Å². The van der Waals surface area contributed by atoms with Crippen molar-refractivity contribution in [2.24, 2.45) is 0 Å². The number of nitrogens with zero attached hydrogens (tertiary/aromatic N) is 4. The zero-order chi connectivity index (χ0) is 11.4. The second-order valence-corrected chi connectivity index (χ2v) is 4.11. The average molecular weight is 228 g/mol. The third-order valence-corrected chi connectivity index (χ3v) is 2.68. The quantitative estimate of drug-likeness (QED) is 0.737. The van der Waals surface area contributed by atoms with Gasteiger partial charge in [-0.15, -0.1) is 0 Å². The van der Waals surface area contributed by atoms with E-state index >= 15 is 0 Å². The minimum Gasteiger partial charge on any atom is -0.265 e. The van der Waals surface area contributed by atoms with Crippen molar-refractivity contribution in [1.29, 1.82) is 5.26 Å². The number of pyridine rings is 1. The molecule has 2 aromatic heterocycles. The van der Waals surface area contributed by atoms with Crippen molar-refractivity contribution in [2.75, 3.05) is 0 Å². The van der Waals surface area contributed by atoms with Crippen molar-refractivity contribution < 1.29 is 0 Å². The molecule has 0 saturated carbocycles. The first-order valence-electron chi connectivity index (χ1n) is 4.61. The number of hydrogen-bond acceptors (Lipinski definition) is 5. The molecule has 0 aliphatic rings. The van der Waals surface area contributed by atoms with Crippen molar-refractivity contribution in [3.8, 4) is 6.07 Å². The second-order valence-electron chi connectivity index (χ2n) is 3.07. The lowest BCUT2D eigenvalue weighted by Crippen LogP contribution is -1.93. The van der Waals surface area contributed by atoms with Crippen LogP contribution < -0.4 is 0 Å². The molecule has 0 N–H and O–H groups in total. The highest BCUT2D eigenvalue weighted by Crippen LogP contribution is 2.23. The van der Waals surface area contributed by atoms with Crippen LogP contribution in [-0.4, -0.2) is 15.0 Å². The van der Waals surface area contributed by atoms with Crippen molar-refractivity contribution in [1.82, 2.24) is 15.0 Å². The van der Waals surface area contributed by atoms with Gasteiger partial charge in [-0.05, 0) is 36.9 Å². The first-order chi connectivity index (χ1) is 7.78. The summed E-state index contributed by atoms with van der Waals surface area (Å²) < 4.78 is 0. The van der Waals surface area contributed by atoms with E-state index in [1.807, 2.05) is 25.1 Å². The maximum absolute atomic E-state index is 8.79. The van der Waals surface area contributed by atoms with Crippen LogP contribution in [-0.2, 0) is 0 Å². The number of aromatic nitrogens is 3. The monoisotopic (exact) mass is 228 g/mol. The largest absolute Gasteiger partial charge is 0.265 e. The normalized spacial score (nSPS) is 9.75. The summed E-state index contributed by atoms with van der Waals surface area (Å²) in [6.07, 6.45) is 3.42.